The van der Waals surface area contributed by atoms with Crippen molar-refractivity contribution in [3.63, 3.8) is 0 Å². The molecular weight excluding hydrogens is 230 g/mol. The molecule has 0 atom stereocenters. The van der Waals surface area contributed by atoms with E-state index in [9.17, 15) is 9.59 Å². The fraction of sp³-hybridized carbons (Fsp3) is 0.286. The number of aromatic carboxylic acids is 1. The van der Waals surface area contributed by atoms with Crippen molar-refractivity contribution in [1.82, 2.24) is 0 Å². The number of allylic oxidation sites excluding steroid dienone is 2. The van der Waals surface area contributed by atoms with Crippen molar-refractivity contribution >= 4 is 17.6 Å². The molecule has 1 aromatic carbocycles. The molecule has 0 saturated carbocycles. The number of amides is 1. The van der Waals surface area contributed by atoms with Crippen LogP contribution in [0.15, 0.2) is 30.4 Å². The molecule has 2 rings (SSSR count). The molecule has 0 radical (unpaired) electrons. The smallest absolute Gasteiger partial charge is 0.335 e. The quantitative estimate of drug-likeness (QED) is 0.804. The Kier molecular flexibility index (Phi) is 3.46. The molecule has 0 saturated heterocycles. The van der Waals surface area contributed by atoms with Gasteiger partial charge < -0.3 is 10.4 Å². The summed E-state index contributed by atoms with van der Waals surface area (Å²) in [7, 11) is 0. The van der Waals surface area contributed by atoms with Crippen LogP contribution >= 0.6 is 0 Å². The van der Waals surface area contributed by atoms with Crippen molar-refractivity contribution in [1.29, 1.82) is 0 Å². The number of anilines is 1. The maximum Gasteiger partial charge on any atom is 0.335 e. The van der Waals surface area contributed by atoms with Crippen molar-refractivity contribution in [2.45, 2.75) is 19.8 Å². The molecule has 1 aliphatic rings. The predicted molar refractivity (Wildman–Crippen MR) is 68.6 cm³/mol. The second-order valence-corrected chi connectivity index (χ2v) is 4.46. The Labute approximate surface area is 105 Å². The molecule has 0 fully saturated rings. The van der Waals surface area contributed by atoms with Gasteiger partial charge in [-0.15, -0.1) is 0 Å². The normalized spacial score (nSPS) is 14.7. The lowest BCUT2D eigenvalue weighted by Crippen LogP contribution is -2.21. The molecule has 18 heavy (non-hydrogen) atoms. The summed E-state index contributed by atoms with van der Waals surface area (Å²) in [5.74, 6) is -0.967. The molecule has 0 unspecified atom stereocenters. The second kappa shape index (κ2) is 5.04. The zero-order chi connectivity index (χ0) is 13.1. The van der Waals surface area contributed by atoms with Crippen LogP contribution in [0.1, 0.15) is 28.8 Å². The molecule has 4 nitrogen and oxygen atoms in total. The van der Waals surface area contributed by atoms with Crippen LogP contribution in [-0.2, 0) is 4.79 Å². The third-order valence-electron chi connectivity index (χ3n) is 3.11. The van der Waals surface area contributed by atoms with E-state index in [1.165, 1.54) is 6.07 Å². The zero-order valence-corrected chi connectivity index (χ0v) is 10.1. The fourth-order valence-corrected chi connectivity index (χ4v) is 2.00. The zero-order valence-electron chi connectivity index (χ0n) is 10.1. The molecule has 94 valence electrons. The van der Waals surface area contributed by atoms with Crippen LogP contribution < -0.4 is 5.32 Å². The molecule has 4 heteroatoms. The highest BCUT2D eigenvalue weighted by Crippen LogP contribution is 2.22. The molecule has 0 heterocycles. The van der Waals surface area contributed by atoms with E-state index in [-0.39, 0.29) is 17.4 Å². The number of carboxylic acids is 1. The average molecular weight is 245 g/mol. The predicted octanol–water partition coefficient (Wildman–Crippen LogP) is 2.60. The van der Waals surface area contributed by atoms with E-state index in [1.54, 1.807) is 19.1 Å². The average Bonchev–Trinajstić information content (AvgIpc) is 2.85. The van der Waals surface area contributed by atoms with Crippen LogP contribution in [0, 0.1) is 12.8 Å². The van der Waals surface area contributed by atoms with Crippen LogP contribution in [0.25, 0.3) is 0 Å². The van der Waals surface area contributed by atoms with Gasteiger partial charge in [0, 0.05) is 11.6 Å². The topological polar surface area (TPSA) is 66.4 Å². The minimum Gasteiger partial charge on any atom is -0.478 e. The van der Waals surface area contributed by atoms with E-state index < -0.39 is 5.97 Å². The van der Waals surface area contributed by atoms with Gasteiger partial charge in [-0.05, 0) is 43.5 Å². The van der Waals surface area contributed by atoms with Crippen LogP contribution in [0.2, 0.25) is 0 Å². The van der Waals surface area contributed by atoms with Gasteiger partial charge in [-0.25, -0.2) is 4.79 Å². The van der Waals surface area contributed by atoms with E-state index in [2.05, 4.69) is 5.32 Å². The number of aryl methyl sites for hydroxylation is 1. The lowest BCUT2D eigenvalue weighted by atomic mass is 10.1. The van der Waals surface area contributed by atoms with Crippen LogP contribution in [0.5, 0.6) is 0 Å². The van der Waals surface area contributed by atoms with Crippen LogP contribution in [-0.4, -0.2) is 17.0 Å². The van der Waals surface area contributed by atoms with Crippen molar-refractivity contribution in [3.05, 3.63) is 41.5 Å². The van der Waals surface area contributed by atoms with Gasteiger partial charge in [0.15, 0.2) is 0 Å². The van der Waals surface area contributed by atoms with Crippen molar-refractivity contribution < 1.29 is 14.7 Å². The van der Waals surface area contributed by atoms with Gasteiger partial charge in [0.2, 0.25) is 5.91 Å². The van der Waals surface area contributed by atoms with Gasteiger partial charge in [0.05, 0.1) is 5.56 Å². The van der Waals surface area contributed by atoms with E-state index in [0.717, 1.165) is 18.4 Å². The standard InChI is InChI=1S/C14H15NO3/c1-9-8-11(14(17)18)6-7-12(9)15-13(16)10-4-2-3-5-10/h2-3,6-8,10H,4-5H2,1H3,(H,15,16)(H,17,18). The number of carbonyl (C=O) groups is 2. The monoisotopic (exact) mass is 245 g/mol. The Morgan fingerprint density at radius 3 is 2.50 bits per heavy atom. The first-order valence-electron chi connectivity index (χ1n) is 5.87. The molecule has 0 aromatic heterocycles. The second-order valence-electron chi connectivity index (χ2n) is 4.46. The summed E-state index contributed by atoms with van der Waals surface area (Å²) in [6.45, 7) is 1.79. The third-order valence-corrected chi connectivity index (χ3v) is 3.11. The van der Waals surface area contributed by atoms with Gasteiger partial charge >= 0.3 is 5.97 Å². The molecule has 1 amide bonds. The Hall–Kier alpha value is -2.10. The maximum atomic E-state index is 11.9. The number of nitrogens with one attached hydrogen (secondary N) is 1. The first-order valence-corrected chi connectivity index (χ1v) is 5.87. The molecule has 1 aromatic rings. The first kappa shape index (κ1) is 12.4. The SMILES string of the molecule is Cc1cc(C(=O)O)ccc1NC(=O)C1CC=CC1. The summed E-state index contributed by atoms with van der Waals surface area (Å²) in [5.41, 5.74) is 1.67. The van der Waals surface area contributed by atoms with Gasteiger partial charge in [0.25, 0.3) is 0 Å². The number of carbonyl (C=O) groups excluding carboxylic acids is 1. The third kappa shape index (κ3) is 2.59. The lowest BCUT2D eigenvalue weighted by molar-refractivity contribution is -0.119. The maximum absolute atomic E-state index is 11.9. The highest BCUT2D eigenvalue weighted by atomic mass is 16.4. The Morgan fingerprint density at radius 2 is 1.94 bits per heavy atom. The molecule has 0 aliphatic heterocycles. The number of rotatable bonds is 3. The highest BCUT2D eigenvalue weighted by Gasteiger charge is 2.19. The van der Waals surface area contributed by atoms with Gasteiger partial charge in [-0.3, -0.25) is 4.79 Å². The summed E-state index contributed by atoms with van der Waals surface area (Å²) in [4.78, 5) is 22.7. The van der Waals surface area contributed by atoms with E-state index in [4.69, 9.17) is 5.11 Å². The molecule has 0 spiro atoms. The molecule has 2 N–H and O–H groups in total. The Balaban J connectivity index is 2.09. The van der Waals surface area contributed by atoms with Gasteiger partial charge in [0.1, 0.15) is 0 Å². The summed E-state index contributed by atoms with van der Waals surface area (Å²) < 4.78 is 0. The van der Waals surface area contributed by atoms with Crippen LogP contribution in [0.4, 0.5) is 5.69 Å². The lowest BCUT2D eigenvalue weighted by Gasteiger charge is -2.12. The van der Waals surface area contributed by atoms with Gasteiger partial charge in [-0.1, -0.05) is 12.2 Å². The first-order chi connectivity index (χ1) is 8.58. The Bertz CT molecular complexity index is 512. The van der Waals surface area contributed by atoms with Crippen molar-refractivity contribution in [2.75, 3.05) is 5.32 Å². The number of benzene rings is 1. The van der Waals surface area contributed by atoms with Crippen LogP contribution in [0.3, 0.4) is 0 Å². The van der Waals surface area contributed by atoms with E-state index in [1.807, 2.05) is 12.2 Å². The molecular formula is C14H15NO3. The summed E-state index contributed by atoms with van der Waals surface area (Å²) in [6.07, 6.45) is 5.56. The largest absolute Gasteiger partial charge is 0.478 e. The van der Waals surface area contributed by atoms with Crippen molar-refractivity contribution in [3.8, 4) is 0 Å². The minimum absolute atomic E-state index is 0.00329. The van der Waals surface area contributed by atoms with Gasteiger partial charge in [-0.2, -0.15) is 0 Å². The minimum atomic E-state index is -0.962. The fourth-order valence-electron chi connectivity index (χ4n) is 2.00. The highest BCUT2D eigenvalue weighted by molar-refractivity contribution is 5.95. The number of hydrogen-bond acceptors (Lipinski definition) is 2. The number of hydrogen-bond donors (Lipinski definition) is 2. The molecule has 1 aliphatic carbocycles. The van der Waals surface area contributed by atoms with E-state index in [0.29, 0.717) is 5.69 Å². The summed E-state index contributed by atoms with van der Waals surface area (Å²) in [5, 5.41) is 11.7. The van der Waals surface area contributed by atoms with E-state index >= 15 is 0 Å². The number of carboxylic acid groups (broad SMARTS) is 1. The van der Waals surface area contributed by atoms with Crippen molar-refractivity contribution in [2.24, 2.45) is 5.92 Å². The Morgan fingerprint density at radius 1 is 1.28 bits per heavy atom. The summed E-state index contributed by atoms with van der Waals surface area (Å²) >= 11 is 0. The molecule has 0 bridgehead atoms. The summed E-state index contributed by atoms with van der Waals surface area (Å²) in [6, 6.07) is 4.70.